The zero-order valence-corrected chi connectivity index (χ0v) is 13.4. The van der Waals surface area contributed by atoms with Crippen LogP contribution < -0.4 is 15.4 Å². The number of nitrogens with one attached hydrogen (secondary N) is 2. The number of halogens is 1. The van der Waals surface area contributed by atoms with Gasteiger partial charge in [-0.1, -0.05) is 36.9 Å². The molecule has 5 nitrogen and oxygen atoms in total. The van der Waals surface area contributed by atoms with Gasteiger partial charge in [-0.05, 0) is 38.0 Å². The van der Waals surface area contributed by atoms with Gasteiger partial charge in [0.25, 0.3) is 5.91 Å². The van der Waals surface area contributed by atoms with Gasteiger partial charge >= 0.3 is 6.03 Å². The molecule has 1 saturated carbocycles. The Hall–Kier alpha value is -1.75. The van der Waals surface area contributed by atoms with Gasteiger partial charge in [-0.3, -0.25) is 10.1 Å². The summed E-state index contributed by atoms with van der Waals surface area (Å²) in [7, 11) is 0. The Morgan fingerprint density at radius 1 is 1.27 bits per heavy atom. The van der Waals surface area contributed by atoms with Crippen molar-refractivity contribution in [2.24, 2.45) is 0 Å². The summed E-state index contributed by atoms with van der Waals surface area (Å²) < 4.78 is 5.47. The molecule has 0 aromatic heterocycles. The highest BCUT2D eigenvalue weighted by Crippen LogP contribution is 2.19. The van der Waals surface area contributed by atoms with Crippen molar-refractivity contribution in [2.45, 2.75) is 51.2 Å². The largest absolute Gasteiger partial charge is 0.481 e. The molecular weight excluding hydrogens is 304 g/mol. The number of benzene rings is 1. The van der Waals surface area contributed by atoms with E-state index < -0.39 is 18.0 Å². The van der Waals surface area contributed by atoms with Gasteiger partial charge in [0.15, 0.2) is 6.10 Å². The van der Waals surface area contributed by atoms with E-state index in [-0.39, 0.29) is 6.04 Å². The Kier molecular flexibility index (Phi) is 6.07. The third kappa shape index (κ3) is 5.22. The molecule has 6 heteroatoms. The molecule has 1 aromatic rings. The topological polar surface area (TPSA) is 67.4 Å². The summed E-state index contributed by atoms with van der Waals surface area (Å²) in [5, 5.41) is 5.67. The molecule has 22 heavy (non-hydrogen) atoms. The minimum Gasteiger partial charge on any atom is -0.481 e. The second-order valence-electron chi connectivity index (χ2n) is 5.52. The van der Waals surface area contributed by atoms with Gasteiger partial charge < -0.3 is 10.1 Å². The van der Waals surface area contributed by atoms with E-state index in [1.807, 2.05) is 0 Å². The summed E-state index contributed by atoms with van der Waals surface area (Å²) in [6.45, 7) is 1.59. The first-order chi connectivity index (χ1) is 10.5. The summed E-state index contributed by atoms with van der Waals surface area (Å²) in [5.41, 5.74) is 0. The molecule has 0 radical (unpaired) electrons. The zero-order valence-electron chi connectivity index (χ0n) is 12.6. The van der Waals surface area contributed by atoms with E-state index in [0.717, 1.165) is 25.7 Å². The van der Waals surface area contributed by atoms with Gasteiger partial charge in [-0.2, -0.15) is 0 Å². The van der Waals surface area contributed by atoms with Gasteiger partial charge in [-0.25, -0.2) is 4.79 Å². The predicted octanol–water partition coefficient (Wildman–Crippen LogP) is 3.27. The fourth-order valence-electron chi connectivity index (χ4n) is 2.48. The highest BCUT2D eigenvalue weighted by molar-refractivity contribution is 6.30. The van der Waals surface area contributed by atoms with E-state index in [1.165, 1.54) is 6.42 Å². The summed E-state index contributed by atoms with van der Waals surface area (Å²) in [4.78, 5) is 23.8. The van der Waals surface area contributed by atoms with Gasteiger partial charge in [0.05, 0.1) is 0 Å². The number of urea groups is 1. The Labute approximate surface area is 135 Å². The van der Waals surface area contributed by atoms with E-state index in [4.69, 9.17) is 16.3 Å². The fraction of sp³-hybridized carbons (Fsp3) is 0.500. The van der Waals surface area contributed by atoms with Gasteiger partial charge in [0.2, 0.25) is 0 Å². The number of carbonyl (C=O) groups is 2. The molecule has 0 spiro atoms. The maximum absolute atomic E-state index is 12.0. The standard InChI is InChI=1S/C16H21ClN2O3/c1-11(22-14-9-5-6-12(17)10-14)15(20)19-16(21)18-13-7-3-2-4-8-13/h5-6,9-11,13H,2-4,7-8H2,1H3,(H2,18,19,20,21)/t11-/m1/s1. The Bertz CT molecular complexity index is 530. The molecule has 120 valence electrons. The number of hydrogen-bond donors (Lipinski definition) is 2. The van der Waals surface area contributed by atoms with E-state index in [1.54, 1.807) is 31.2 Å². The molecule has 1 aliphatic carbocycles. The first kappa shape index (κ1) is 16.6. The minimum absolute atomic E-state index is 0.158. The highest BCUT2D eigenvalue weighted by atomic mass is 35.5. The lowest BCUT2D eigenvalue weighted by atomic mass is 9.96. The molecule has 2 rings (SSSR count). The number of rotatable bonds is 4. The van der Waals surface area contributed by atoms with Crippen molar-refractivity contribution in [3.05, 3.63) is 29.3 Å². The van der Waals surface area contributed by atoms with Crippen LogP contribution in [0.15, 0.2) is 24.3 Å². The molecular formula is C16H21ClN2O3. The molecule has 1 fully saturated rings. The van der Waals surface area contributed by atoms with Crippen LogP contribution in [0.5, 0.6) is 5.75 Å². The average molecular weight is 325 g/mol. The number of carbonyl (C=O) groups excluding carboxylic acids is 2. The van der Waals surface area contributed by atoms with Crippen molar-refractivity contribution < 1.29 is 14.3 Å². The third-order valence-corrected chi connectivity index (χ3v) is 3.89. The molecule has 0 heterocycles. The van der Waals surface area contributed by atoms with Crippen molar-refractivity contribution in [2.75, 3.05) is 0 Å². The van der Waals surface area contributed by atoms with E-state index in [2.05, 4.69) is 10.6 Å². The van der Waals surface area contributed by atoms with Gasteiger partial charge in [0.1, 0.15) is 5.75 Å². The molecule has 0 saturated heterocycles. The number of hydrogen-bond acceptors (Lipinski definition) is 3. The van der Waals surface area contributed by atoms with E-state index in [0.29, 0.717) is 10.8 Å². The molecule has 3 amide bonds. The first-order valence-corrected chi connectivity index (χ1v) is 7.96. The van der Waals surface area contributed by atoms with Crippen molar-refractivity contribution in [1.82, 2.24) is 10.6 Å². The summed E-state index contributed by atoms with van der Waals surface area (Å²) in [6.07, 6.45) is 4.60. The van der Waals surface area contributed by atoms with Crippen LogP contribution >= 0.6 is 11.6 Å². The SMILES string of the molecule is C[C@@H](Oc1cccc(Cl)c1)C(=O)NC(=O)NC1CCCCC1. The number of imide groups is 1. The monoisotopic (exact) mass is 324 g/mol. The summed E-state index contributed by atoms with van der Waals surface area (Å²) in [6, 6.07) is 6.48. The smallest absolute Gasteiger partial charge is 0.321 e. The Balaban J connectivity index is 1.79. The summed E-state index contributed by atoms with van der Waals surface area (Å²) in [5.74, 6) is 0.0103. The van der Waals surface area contributed by atoms with Crippen LogP contribution in [0.3, 0.4) is 0 Å². The van der Waals surface area contributed by atoms with Gasteiger partial charge in [0, 0.05) is 11.1 Å². The average Bonchev–Trinajstić information content (AvgIpc) is 2.48. The lowest BCUT2D eigenvalue weighted by Crippen LogP contribution is -2.48. The van der Waals surface area contributed by atoms with Crippen LogP contribution in [0.25, 0.3) is 0 Å². The molecule has 2 N–H and O–H groups in total. The van der Waals surface area contributed by atoms with Crippen LogP contribution in [0.2, 0.25) is 5.02 Å². The van der Waals surface area contributed by atoms with Crippen LogP contribution in [-0.2, 0) is 4.79 Å². The molecule has 0 bridgehead atoms. The van der Waals surface area contributed by atoms with Crippen molar-refractivity contribution >= 4 is 23.5 Å². The number of amides is 3. The molecule has 0 unspecified atom stereocenters. The lowest BCUT2D eigenvalue weighted by Gasteiger charge is -2.23. The lowest BCUT2D eigenvalue weighted by molar-refractivity contribution is -0.126. The Morgan fingerprint density at radius 2 is 2.00 bits per heavy atom. The maximum Gasteiger partial charge on any atom is 0.321 e. The van der Waals surface area contributed by atoms with E-state index >= 15 is 0 Å². The predicted molar refractivity (Wildman–Crippen MR) is 85.1 cm³/mol. The van der Waals surface area contributed by atoms with Crippen LogP contribution in [0.1, 0.15) is 39.0 Å². The quantitative estimate of drug-likeness (QED) is 0.893. The number of ether oxygens (including phenoxy) is 1. The maximum atomic E-state index is 12.0. The second-order valence-corrected chi connectivity index (χ2v) is 5.95. The normalized spacial score (nSPS) is 16.6. The van der Waals surface area contributed by atoms with Crippen LogP contribution in [0, 0.1) is 0 Å². The first-order valence-electron chi connectivity index (χ1n) is 7.58. The Morgan fingerprint density at radius 3 is 2.68 bits per heavy atom. The minimum atomic E-state index is -0.782. The van der Waals surface area contributed by atoms with Crippen molar-refractivity contribution in [1.29, 1.82) is 0 Å². The van der Waals surface area contributed by atoms with Crippen molar-refractivity contribution in [3.8, 4) is 5.75 Å². The summed E-state index contributed by atoms with van der Waals surface area (Å²) >= 11 is 5.86. The second kappa shape index (κ2) is 8.03. The third-order valence-electron chi connectivity index (χ3n) is 3.66. The molecule has 1 atom stereocenters. The fourth-order valence-corrected chi connectivity index (χ4v) is 2.66. The zero-order chi connectivity index (χ0) is 15.9. The van der Waals surface area contributed by atoms with Crippen LogP contribution in [0.4, 0.5) is 4.79 Å². The molecule has 1 aliphatic rings. The van der Waals surface area contributed by atoms with Crippen LogP contribution in [-0.4, -0.2) is 24.1 Å². The van der Waals surface area contributed by atoms with E-state index in [9.17, 15) is 9.59 Å². The molecule has 1 aromatic carbocycles. The van der Waals surface area contributed by atoms with Gasteiger partial charge in [-0.15, -0.1) is 0 Å². The molecule has 0 aliphatic heterocycles. The highest BCUT2D eigenvalue weighted by Gasteiger charge is 2.20. The van der Waals surface area contributed by atoms with Crippen molar-refractivity contribution in [3.63, 3.8) is 0 Å².